The first-order chi connectivity index (χ1) is 9.24. The Morgan fingerprint density at radius 2 is 2.40 bits per heavy atom. The number of rotatable bonds is 2. The molecule has 0 saturated carbocycles. The summed E-state index contributed by atoms with van der Waals surface area (Å²) < 4.78 is 1.63. The van der Waals surface area contributed by atoms with Crippen molar-refractivity contribution in [1.82, 2.24) is 25.2 Å². The molecule has 108 valence electrons. The van der Waals surface area contributed by atoms with Crippen molar-refractivity contribution in [3.8, 4) is 0 Å². The number of carbonyl (C=O) groups excluding carboxylic acids is 1. The van der Waals surface area contributed by atoms with Crippen LogP contribution in [0.3, 0.4) is 0 Å². The van der Waals surface area contributed by atoms with Gasteiger partial charge in [0.25, 0.3) is 5.91 Å². The molecule has 1 atom stereocenters. The van der Waals surface area contributed by atoms with E-state index in [9.17, 15) is 4.79 Å². The van der Waals surface area contributed by atoms with E-state index >= 15 is 0 Å². The standard InChI is InChI=1S/C13H17N5O.ClH/c1-9-4-6-18-12(16-9)11(8-15-18)13(19)17-10-3-2-5-14-7-10;/h4,6,8,10,14H,2-3,5,7H2,1H3,(H,17,19);1H/t10-;/m0./s1. The van der Waals surface area contributed by atoms with Crippen molar-refractivity contribution in [1.29, 1.82) is 0 Å². The molecule has 1 saturated heterocycles. The smallest absolute Gasteiger partial charge is 0.257 e. The van der Waals surface area contributed by atoms with Gasteiger partial charge in [0.15, 0.2) is 5.65 Å². The van der Waals surface area contributed by atoms with Gasteiger partial charge in [-0.15, -0.1) is 12.4 Å². The van der Waals surface area contributed by atoms with Crippen LogP contribution in [0.25, 0.3) is 5.65 Å². The molecule has 3 heterocycles. The lowest BCUT2D eigenvalue weighted by Crippen LogP contribution is -2.45. The number of hydrogen-bond acceptors (Lipinski definition) is 4. The first kappa shape index (κ1) is 14.7. The van der Waals surface area contributed by atoms with Gasteiger partial charge in [-0.05, 0) is 32.4 Å². The van der Waals surface area contributed by atoms with Gasteiger partial charge in [-0.1, -0.05) is 0 Å². The molecule has 6 nitrogen and oxygen atoms in total. The lowest BCUT2D eigenvalue weighted by molar-refractivity contribution is 0.0932. The number of nitrogens with one attached hydrogen (secondary N) is 2. The normalized spacial score (nSPS) is 18.6. The van der Waals surface area contributed by atoms with E-state index in [0.717, 1.165) is 31.6 Å². The van der Waals surface area contributed by atoms with E-state index in [-0.39, 0.29) is 24.4 Å². The van der Waals surface area contributed by atoms with Crippen LogP contribution in [0.5, 0.6) is 0 Å². The average Bonchev–Trinajstić information content (AvgIpc) is 2.82. The molecule has 3 rings (SSSR count). The van der Waals surface area contributed by atoms with E-state index in [0.29, 0.717) is 11.2 Å². The van der Waals surface area contributed by atoms with Gasteiger partial charge in [0.05, 0.1) is 6.20 Å². The number of piperidine rings is 1. The molecule has 1 amide bonds. The summed E-state index contributed by atoms with van der Waals surface area (Å²) in [5, 5.41) is 10.5. The minimum Gasteiger partial charge on any atom is -0.348 e. The summed E-state index contributed by atoms with van der Waals surface area (Å²) in [6.45, 7) is 3.76. The maximum Gasteiger partial charge on any atom is 0.257 e. The first-order valence-electron chi connectivity index (χ1n) is 6.56. The monoisotopic (exact) mass is 295 g/mol. The molecule has 0 radical (unpaired) electrons. The van der Waals surface area contributed by atoms with Gasteiger partial charge in [-0.2, -0.15) is 5.10 Å². The van der Waals surface area contributed by atoms with Crippen molar-refractivity contribution in [2.24, 2.45) is 0 Å². The summed E-state index contributed by atoms with van der Waals surface area (Å²) >= 11 is 0. The number of aryl methyl sites for hydroxylation is 1. The Morgan fingerprint density at radius 3 is 3.15 bits per heavy atom. The molecule has 0 spiro atoms. The largest absolute Gasteiger partial charge is 0.348 e. The lowest BCUT2D eigenvalue weighted by atomic mass is 10.1. The van der Waals surface area contributed by atoms with Gasteiger partial charge < -0.3 is 10.6 Å². The van der Waals surface area contributed by atoms with Gasteiger partial charge in [0.2, 0.25) is 0 Å². The average molecular weight is 296 g/mol. The van der Waals surface area contributed by atoms with E-state index in [4.69, 9.17) is 0 Å². The number of carbonyl (C=O) groups is 1. The topological polar surface area (TPSA) is 71.3 Å². The van der Waals surface area contributed by atoms with Crippen LogP contribution < -0.4 is 10.6 Å². The highest BCUT2D eigenvalue weighted by atomic mass is 35.5. The predicted molar refractivity (Wildman–Crippen MR) is 78.3 cm³/mol. The second-order valence-electron chi connectivity index (χ2n) is 4.91. The Balaban J connectivity index is 0.00000147. The number of aromatic nitrogens is 3. The van der Waals surface area contributed by atoms with E-state index in [2.05, 4.69) is 20.7 Å². The zero-order valence-electron chi connectivity index (χ0n) is 11.3. The fraction of sp³-hybridized carbons (Fsp3) is 0.462. The second-order valence-corrected chi connectivity index (χ2v) is 4.91. The molecule has 7 heteroatoms. The summed E-state index contributed by atoms with van der Waals surface area (Å²) in [6.07, 6.45) is 5.51. The Kier molecular flexibility index (Phi) is 4.57. The highest BCUT2D eigenvalue weighted by molar-refractivity contribution is 5.99. The van der Waals surface area contributed by atoms with Crippen LogP contribution in [-0.2, 0) is 0 Å². The molecule has 1 aliphatic rings. The third kappa shape index (κ3) is 2.91. The van der Waals surface area contributed by atoms with Gasteiger partial charge in [-0.25, -0.2) is 9.50 Å². The third-order valence-corrected chi connectivity index (χ3v) is 3.39. The van der Waals surface area contributed by atoms with Crippen molar-refractivity contribution in [3.63, 3.8) is 0 Å². The minimum absolute atomic E-state index is 0. The van der Waals surface area contributed by atoms with Crippen molar-refractivity contribution < 1.29 is 4.79 Å². The predicted octanol–water partition coefficient (Wildman–Crippen LogP) is 0.941. The molecule has 2 aromatic heterocycles. The van der Waals surface area contributed by atoms with Gasteiger partial charge in [0.1, 0.15) is 5.56 Å². The van der Waals surface area contributed by atoms with Gasteiger partial charge in [-0.3, -0.25) is 4.79 Å². The van der Waals surface area contributed by atoms with Crippen LogP contribution in [0.2, 0.25) is 0 Å². The summed E-state index contributed by atoms with van der Waals surface area (Å²) in [5.74, 6) is -0.0956. The molecule has 1 aliphatic heterocycles. The SMILES string of the molecule is Cc1ccn2ncc(C(=O)N[C@H]3CCCNC3)c2n1.Cl. The Labute approximate surface area is 123 Å². The van der Waals surface area contributed by atoms with Crippen molar-refractivity contribution in [2.45, 2.75) is 25.8 Å². The summed E-state index contributed by atoms with van der Waals surface area (Å²) in [7, 11) is 0. The molecule has 1 fully saturated rings. The molecule has 0 unspecified atom stereocenters. The number of nitrogens with zero attached hydrogens (tertiary/aromatic N) is 3. The van der Waals surface area contributed by atoms with Crippen LogP contribution in [-0.4, -0.2) is 39.6 Å². The van der Waals surface area contributed by atoms with Crippen molar-refractivity contribution in [2.75, 3.05) is 13.1 Å². The van der Waals surface area contributed by atoms with Crippen LogP contribution in [0.15, 0.2) is 18.5 Å². The Hall–Kier alpha value is -1.66. The van der Waals surface area contributed by atoms with E-state index in [1.54, 1.807) is 10.7 Å². The zero-order chi connectivity index (χ0) is 13.2. The summed E-state index contributed by atoms with van der Waals surface area (Å²) in [5.41, 5.74) is 2.02. The molecule has 2 aromatic rings. The number of fused-ring (bicyclic) bond motifs is 1. The fourth-order valence-corrected chi connectivity index (χ4v) is 2.36. The Bertz CT molecular complexity index is 606. The highest BCUT2D eigenvalue weighted by Crippen LogP contribution is 2.10. The van der Waals surface area contributed by atoms with Crippen LogP contribution in [0, 0.1) is 6.92 Å². The second kappa shape index (κ2) is 6.19. The fourth-order valence-electron chi connectivity index (χ4n) is 2.36. The summed E-state index contributed by atoms with van der Waals surface area (Å²) in [6, 6.07) is 2.06. The first-order valence-corrected chi connectivity index (χ1v) is 6.56. The lowest BCUT2D eigenvalue weighted by Gasteiger charge is -2.23. The molecular formula is C13H18ClN5O. The maximum absolute atomic E-state index is 12.3. The minimum atomic E-state index is -0.0956. The quantitative estimate of drug-likeness (QED) is 0.865. The molecule has 2 N–H and O–H groups in total. The van der Waals surface area contributed by atoms with Gasteiger partial charge in [0, 0.05) is 24.5 Å². The molecule has 0 aliphatic carbocycles. The third-order valence-electron chi connectivity index (χ3n) is 3.39. The number of halogens is 1. The maximum atomic E-state index is 12.3. The molecular weight excluding hydrogens is 278 g/mol. The van der Waals surface area contributed by atoms with E-state index < -0.39 is 0 Å². The van der Waals surface area contributed by atoms with Gasteiger partial charge >= 0.3 is 0 Å². The van der Waals surface area contributed by atoms with Crippen LogP contribution >= 0.6 is 12.4 Å². The molecule has 0 aromatic carbocycles. The molecule has 20 heavy (non-hydrogen) atoms. The zero-order valence-corrected chi connectivity index (χ0v) is 12.1. The Morgan fingerprint density at radius 1 is 1.55 bits per heavy atom. The number of hydrogen-bond donors (Lipinski definition) is 2. The molecule has 0 bridgehead atoms. The van der Waals surface area contributed by atoms with Crippen molar-refractivity contribution in [3.05, 3.63) is 29.7 Å². The highest BCUT2D eigenvalue weighted by Gasteiger charge is 2.19. The van der Waals surface area contributed by atoms with E-state index in [1.165, 1.54) is 0 Å². The number of amides is 1. The van der Waals surface area contributed by atoms with Crippen molar-refractivity contribution >= 4 is 24.0 Å². The van der Waals surface area contributed by atoms with Crippen LogP contribution in [0.4, 0.5) is 0 Å². The summed E-state index contributed by atoms with van der Waals surface area (Å²) in [4.78, 5) is 16.6. The van der Waals surface area contributed by atoms with E-state index in [1.807, 2.05) is 19.2 Å². The van der Waals surface area contributed by atoms with Crippen LogP contribution in [0.1, 0.15) is 28.9 Å².